The highest BCUT2D eigenvalue weighted by Gasteiger charge is 2.52. The fourth-order valence-corrected chi connectivity index (χ4v) is 5.55. The first-order valence-electron chi connectivity index (χ1n) is 12.1. The molecule has 2 aliphatic rings. The number of nitrogens with zero attached hydrogens (tertiary/aromatic N) is 3. The summed E-state index contributed by atoms with van der Waals surface area (Å²) in [6.45, 7) is 8.16. The molecular formula is C25H32F3N5O3. The van der Waals surface area contributed by atoms with E-state index in [1.54, 1.807) is 11.8 Å². The molecule has 0 bridgehead atoms. The van der Waals surface area contributed by atoms with Gasteiger partial charge < -0.3 is 20.6 Å². The maximum absolute atomic E-state index is 13.4. The van der Waals surface area contributed by atoms with Crippen molar-refractivity contribution in [1.82, 2.24) is 20.2 Å². The van der Waals surface area contributed by atoms with Gasteiger partial charge in [0.05, 0.1) is 16.5 Å². The number of carbonyl (C=O) groups is 2. The number of carboxylic acid groups (broad SMARTS) is 1. The molecule has 4 atom stereocenters. The first-order valence-corrected chi connectivity index (χ1v) is 12.1. The lowest BCUT2D eigenvalue weighted by molar-refractivity contribution is -0.158. The zero-order chi connectivity index (χ0) is 26.5. The minimum absolute atomic E-state index is 0.0178. The number of fused-ring (bicyclic) bond motifs is 1. The van der Waals surface area contributed by atoms with Crippen LogP contribution in [0.15, 0.2) is 24.5 Å². The summed E-state index contributed by atoms with van der Waals surface area (Å²) in [6, 6.07) is 2.02. The number of hydrogen-bond acceptors (Lipinski definition) is 6. The lowest BCUT2D eigenvalue weighted by atomic mass is 9.68. The van der Waals surface area contributed by atoms with E-state index < -0.39 is 35.2 Å². The summed E-state index contributed by atoms with van der Waals surface area (Å²) < 4.78 is 39.8. The van der Waals surface area contributed by atoms with E-state index >= 15 is 0 Å². The van der Waals surface area contributed by atoms with Crippen molar-refractivity contribution >= 4 is 28.6 Å². The maximum Gasteiger partial charge on any atom is 0.416 e. The number of carbonyl (C=O) groups excluding carboxylic acids is 1. The predicted molar refractivity (Wildman–Crippen MR) is 128 cm³/mol. The van der Waals surface area contributed by atoms with Crippen molar-refractivity contribution in [2.45, 2.75) is 83.2 Å². The first kappa shape index (κ1) is 26.1. The summed E-state index contributed by atoms with van der Waals surface area (Å²) in [6.07, 6.45) is -1.23. The van der Waals surface area contributed by atoms with Gasteiger partial charge in [-0.05, 0) is 71.6 Å². The molecule has 8 nitrogen and oxygen atoms in total. The molecule has 0 unspecified atom stereocenters. The topological polar surface area (TPSA) is 107 Å². The van der Waals surface area contributed by atoms with Crippen molar-refractivity contribution < 1.29 is 27.9 Å². The molecule has 2 fully saturated rings. The van der Waals surface area contributed by atoms with Gasteiger partial charge in [-0.3, -0.25) is 9.59 Å². The zero-order valence-corrected chi connectivity index (χ0v) is 20.8. The second kappa shape index (κ2) is 9.17. The minimum atomic E-state index is -4.52. The Morgan fingerprint density at radius 3 is 2.53 bits per heavy atom. The molecule has 2 heterocycles. The van der Waals surface area contributed by atoms with Gasteiger partial charge in [-0.15, -0.1) is 0 Å². The van der Waals surface area contributed by atoms with Crippen LogP contribution in [0.2, 0.25) is 0 Å². The predicted octanol–water partition coefficient (Wildman–Crippen LogP) is 4.06. The third kappa shape index (κ3) is 5.11. The van der Waals surface area contributed by atoms with Crippen LogP contribution in [-0.2, 0) is 15.8 Å². The Balaban J connectivity index is 1.55. The molecule has 1 amide bonds. The lowest BCUT2D eigenvalue weighted by Gasteiger charge is -2.47. The van der Waals surface area contributed by atoms with Gasteiger partial charge in [-0.2, -0.15) is 13.2 Å². The van der Waals surface area contributed by atoms with E-state index in [0.717, 1.165) is 18.6 Å². The summed E-state index contributed by atoms with van der Waals surface area (Å²) >= 11 is 0. The van der Waals surface area contributed by atoms with Crippen molar-refractivity contribution in [2.75, 3.05) is 11.9 Å². The molecule has 3 N–H and O–H groups in total. The standard InChI is InChI=1S/C25H32F3N5O3/c1-23(2,3)32-15-6-8-19(24(4,12-15)22(35)36)33-10-9-18(21(33)34)31-20-16-11-14(25(26,27)28)5-7-17(16)29-13-30-20/h5,7,11,13,15,18-19,32H,6,8-10,12H2,1-4H3,(H,35,36)(H,29,30,31)/t15-,18+,19+,24-/m1/s1. The van der Waals surface area contributed by atoms with Crippen LogP contribution in [0.25, 0.3) is 10.9 Å². The number of likely N-dealkylation sites (tertiary alicyclic amines) is 1. The van der Waals surface area contributed by atoms with E-state index in [4.69, 9.17) is 0 Å². The molecule has 0 spiro atoms. The van der Waals surface area contributed by atoms with Crippen molar-refractivity contribution in [3.63, 3.8) is 0 Å². The number of halogens is 3. The third-order valence-corrected chi connectivity index (χ3v) is 7.21. The average molecular weight is 508 g/mol. The number of nitrogens with one attached hydrogen (secondary N) is 2. The molecule has 1 aromatic heterocycles. The van der Waals surface area contributed by atoms with Crippen LogP contribution in [0.1, 0.15) is 58.9 Å². The molecule has 2 aromatic rings. The summed E-state index contributed by atoms with van der Waals surface area (Å²) in [5, 5.41) is 16.8. The molecule has 1 saturated heterocycles. The van der Waals surface area contributed by atoms with Gasteiger partial charge in [0.25, 0.3) is 0 Å². The lowest BCUT2D eigenvalue weighted by Crippen LogP contribution is -2.59. The molecular weight excluding hydrogens is 475 g/mol. The summed E-state index contributed by atoms with van der Waals surface area (Å²) in [5.41, 5.74) is -1.80. The monoisotopic (exact) mass is 507 g/mol. The Morgan fingerprint density at radius 2 is 1.89 bits per heavy atom. The van der Waals surface area contributed by atoms with Crippen LogP contribution in [0, 0.1) is 5.41 Å². The molecule has 4 rings (SSSR count). The van der Waals surface area contributed by atoms with Crippen molar-refractivity contribution in [3.8, 4) is 0 Å². The highest BCUT2D eigenvalue weighted by atomic mass is 19.4. The molecule has 0 radical (unpaired) electrons. The SMILES string of the molecule is CC(C)(C)N[C@@H]1CC[C@H](N2CC[C@H](Nc3ncnc4ccc(C(F)(F)F)cc34)C2=O)[C@](C)(C(=O)O)C1. The molecule has 1 aliphatic carbocycles. The molecule has 36 heavy (non-hydrogen) atoms. The Bertz CT molecular complexity index is 1170. The highest BCUT2D eigenvalue weighted by Crippen LogP contribution is 2.42. The van der Waals surface area contributed by atoms with E-state index in [1.165, 1.54) is 12.4 Å². The maximum atomic E-state index is 13.4. The molecule has 1 aromatic carbocycles. The van der Waals surface area contributed by atoms with Crippen molar-refractivity contribution in [3.05, 3.63) is 30.1 Å². The second-order valence-electron chi connectivity index (χ2n) is 11.1. The smallest absolute Gasteiger partial charge is 0.416 e. The zero-order valence-electron chi connectivity index (χ0n) is 20.8. The Kier molecular flexibility index (Phi) is 6.65. The Labute approximate surface area is 207 Å². The highest BCUT2D eigenvalue weighted by molar-refractivity contribution is 5.93. The number of alkyl halides is 3. The van der Waals surface area contributed by atoms with Crippen LogP contribution in [0.5, 0.6) is 0 Å². The number of amides is 1. The van der Waals surface area contributed by atoms with Gasteiger partial charge in [0.1, 0.15) is 18.2 Å². The van der Waals surface area contributed by atoms with E-state index in [9.17, 15) is 27.9 Å². The van der Waals surface area contributed by atoms with Crippen molar-refractivity contribution in [1.29, 1.82) is 0 Å². The summed E-state index contributed by atoms with van der Waals surface area (Å²) in [4.78, 5) is 35.6. The van der Waals surface area contributed by atoms with Gasteiger partial charge in [-0.1, -0.05) is 0 Å². The fraction of sp³-hybridized carbons (Fsp3) is 0.600. The summed E-state index contributed by atoms with van der Waals surface area (Å²) in [5.74, 6) is -1.07. The van der Waals surface area contributed by atoms with Gasteiger partial charge in [0.15, 0.2) is 0 Å². The Hall–Kier alpha value is -2.95. The fourth-order valence-electron chi connectivity index (χ4n) is 5.55. The number of aromatic nitrogens is 2. The van der Waals surface area contributed by atoms with Gasteiger partial charge >= 0.3 is 12.1 Å². The third-order valence-electron chi connectivity index (χ3n) is 7.21. The van der Waals surface area contributed by atoms with Crippen LogP contribution in [0.4, 0.5) is 19.0 Å². The van der Waals surface area contributed by atoms with Gasteiger partial charge in [0, 0.05) is 29.6 Å². The number of aliphatic carboxylic acids is 1. The number of carboxylic acids is 1. The largest absolute Gasteiger partial charge is 0.481 e. The second-order valence-corrected chi connectivity index (χ2v) is 11.1. The Morgan fingerprint density at radius 1 is 1.17 bits per heavy atom. The average Bonchev–Trinajstić information content (AvgIpc) is 3.12. The summed E-state index contributed by atoms with van der Waals surface area (Å²) in [7, 11) is 0. The first-order chi connectivity index (χ1) is 16.7. The normalized spacial score (nSPS) is 27.5. The number of anilines is 1. The molecule has 11 heteroatoms. The van der Waals surface area contributed by atoms with Crippen molar-refractivity contribution in [2.24, 2.45) is 5.41 Å². The quantitative estimate of drug-likeness (QED) is 0.560. The van der Waals surface area contributed by atoms with Gasteiger partial charge in [-0.25, -0.2) is 9.97 Å². The molecule has 1 saturated carbocycles. The number of hydrogen-bond donors (Lipinski definition) is 3. The number of rotatable bonds is 5. The number of benzene rings is 1. The van der Waals surface area contributed by atoms with Crippen LogP contribution in [-0.4, -0.2) is 62.1 Å². The molecule has 1 aliphatic heterocycles. The van der Waals surface area contributed by atoms with Crippen LogP contribution < -0.4 is 10.6 Å². The van der Waals surface area contributed by atoms with E-state index in [0.29, 0.717) is 31.3 Å². The van der Waals surface area contributed by atoms with Gasteiger partial charge in [0.2, 0.25) is 5.91 Å². The van der Waals surface area contributed by atoms with Crippen LogP contribution >= 0.6 is 0 Å². The molecule has 196 valence electrons. The van der Waals surface area contributed by atoms with E-state index in [-0.39, 0.29) is 28.7 Å². The minimum Gasteiger partial charge on any atom is -0.481 e. The van der Waals surface area contributed by atoms with E-state index in [1.807, 2.05) is 20.8 Å². The van der Waals surface area contributed by atoms with E-state index in [2.05, 4.69) is 20.6 Å². The van der Waals surface area contributed by atoms with Crippen LogP contribution in [0.3, 0.4) is 0 Å².